The third-order valence-corrected chi connectivity index (χ3v) is 12.5. The molecule has 9 nitrogen and oxygen atoms in total. The fraction of sp³-hybridized carbons (Fsp3) is 0.341. The van der Waals surface area contributed by atoms with E-state index in [0.29, 0.717) is 33.4 Å². The van der Waals surface area contributed by atoms with E-state index in [1.807, 2.05) is 13.0 Å². The minimum absolute atomic E-state index is 0.00844. The van der Waals surface area contributed by atoms with Crippen molar-refractivity contribution in [3.05, 3.63) is 120 Å². The molecule has 282 valence electrons. The maximum atomic E-state index is 14.6. The van der Waals surface area contributed by atoms with Crippen molar-refractivity contribution in [1.29, 1.82) is 0 Å². The number of aliphatic hydroxyl groups is 1. The maximum Gasteiger partial charge on any atom is 0.281 e. The number of hydrogen-bond acceptors (Lipinski definition) is 8. The van der Waals surface area contributed by atoms with Gasteiger partial charge in [-0.15, -0.1) is 0 Å². The topological polar surface area (TPSA) is 135 Å². The molecule has 0 aromatic heterocycles. The van der Waals surface area contributed by atoms with Crippen molar-refractivity contribution in [2.45, 2.75) is 96.8 Å². The SMILES string of the molecule is CCCCNS(=O)(=O)c1ccccc1Nc1cc(Oc2ccc(C(C)(C)CC)cc2C(C)(C)CC)c2nc(=O)c(=C(C)O)c3c4ccccc4c(=O)c1c2=3. The Morgan fingerprint density at radius 2 is 1.48 bits per heavy atom. The Balaban J connectivity index is 1.74. The summed E-state index contributed by atoms with van der Waals surface area (Å²) >= 11 is 0. The highest BCUT2D eigenvalue weighted by atomic mass is 32.2. The lowest BCUT2D eigenvalue weighted by atomic mass is 9.76. The number of para-hydroxylation sites is 1. The van der Waals surface area contributed by atoms with E-state index in [-0.39, 0.29) is 66.7 Å². The molecule has 0 fully saturated rings. The molecule has 0 saturated heterocycles. The zero-order valence-corrected chi connectivity index (χ0v) is 33.1. The number of aromatic nitrogens is 1. The van der Waals surface area contributed by atoms with Crippen molar-refractivity contribution in [2.75, 3.05) is 11.9 Å². The number of hydrogen-bond donors (Lipinski definition) is 3. The first-order valence-corrected chi connectivity index (χ1v) is 20.1. The first-order chi connectivity index (χ1) is 25.6. The predicted octanol–water partition coefficient (Wildman–Crippen LogP) is 8.67. The minimum atomic E-state index is -3.95. The highest BCUT2D eigenvalue weighted by Gasteiger charge is 2.29. The van der Waals surface area contributed by atoms with E-state index in [2.05, 4.69) is 68.7 Å². The van der Waals surface area contributed by atoms with E-state index in [1.165, 1.54) is 18.6 Å². The minimum Gasteiger partial charge on any atom is -0.512 e. The van der Waals surface area contributed by atoms with E-state index in [0.717, 1.165) is 24.8 Å². The monoisotopic (exact) mass is 747 g/mol. The number of anilines is 2. The van der Waals surface area contributed by atoms with Crippen LogP contribution in [0.1, 0.15) is 92.2 Å². The van der Waals surface area contributed by atoms with Gasteiger partial charge in [0.2, 0.25) is 10.0 Å². The van der Waals surface area contributed by atoms with Crippen LogP contribution in [0.4, 0.5) is 11.4 Å². The smallest absolute Gasteiger partial charge is 0.281 e. The van der Waals surface area contributed by atoms with E-state index in [1.54, 1.807) is 48.5 Å². The average molecular weight is 748 g/mol. The Labute approximate surface area is 316 Å². The fourth-order valence-corrected chi connectivity index (χ4v) is 8.17. The van der Waals surface area contributed by atoms with Gasteiger partial charge in [0.1, 0.15) is 21.9 Å². The number of rotatable bonds is 13. The molecule has 1 aliphatic heterocycles. The molecule has 4 aromatic rings. The number of aliphatic hydroxyl groups excluding tert-OH is 1. The summed E-state index contributed by atoms with van der Waals surface area (Å²) in [6.45, 7) is 16.7. The van der Waals surface area contributed by atoms with Gasteiger partial charge >= 0.3 is 0 Å². The van der Waals surface area contributed by atoms with Crippen LogP contribution in [0, 0.1) is 10.4 Å². The molecule has 4 aromatic carbocycles. The number of sulfonamides is 1. The van der Waals surface area contributed by atoms with Crippen molar-refractivity contribution < 1.29 is 18.3 Å². The van der Waals surface area contributed by atoms with E-state index in [4.69, 9.17) is 4.74 Å². The first-order valence-electron chi connectivity index (χ1n) is 18.6. The summed E-state index contributed by atoms with van der Waals surface area (Å²) in [5.41, 5.74) is 1.39. The molecule has 1 heterocycles. The highest BCUT2D eigenvalue weighted by molar-refractivity contribution is 7.89. The molecule has 0 saturated carbocycles. The molecule has 54 heavy (non-hydrogen) atoms. The molecule has 3 N–H and O–H groups in total. The van der Waals surface area contributed by atoms with Crippen LogP contribution in [0.15, 0.2) is 87.3 Å². The second-order valence-electron chi connectivity index (χ2n) is 15.3. The number of ether oxygens (including phenoxy) is 1. The Bertz CT molecular complexity index is 2740. The molecule has 0 spiro atoms. The lowest BCUT2D eigenvalue weighted by Gasteiger charge is -2.30. The van der Waals surface area contributed by atoms with E-state index < -0.39 is 15.6 Å². The lowest BCUT2D eigenvalue weighted by Crippen LogP contribution is -2.32. The van der Waals surface area contributed by atoms with Gasteiger partial charge in [0.25, 0.3) is 5.56 Å². The van der Waals surface area contributed by atoms with Gasteiger partial charge in [0.15, 0.2) is 11.2 Å². The van der Waals surface area contributed by atoms with Crippen molar-refractivity contribution in [1.82, 2.24) is 9.71 Å². The molecule has 0 amide bonds. The summed E-state index contributed by atoms with van der Waals surface area (Å²) in [7, 11) is -3.95. The van der Waals surface area contributed by atoms with Gasteiger partial charge in [-0.2, -0.15) is 0 Å². The number of unbranched alkanes of at least 4 members (excludes halogenated alkanes) is 1. The van der Waals surface area contributed by atoms with Gasteiger partial charge in [-0.25, -0.2) is 18.1 Å². The zero-order chi connectivity index (χ0) is 39.2. The molecule has 6 rings (SSSR count). The van der Waals surface area contributed by atoms with Crippen molar-refractivity contribution >= 4 is 48.8 Å². The summed E-state index contributed by atoms with van der Waals surface area (Å²) < 4.78 is 36.8. The summed E-state index contributed by atoms with van der Waals surface area (Å²) in [5.74, 6) is 0.520. The maximum absolute atomic E-state index is 14.6. The Kier molecular flexibility index (Phi) is 10.5. The normalized spacial score (nSPS) is 13.2. The van der Waals surface area contributed by atoms with Crippen molar-refractivity contribution in [3.63, 3.8) is 0 Å². The number of nitrogens with zero attached hydrogens (tertiary/aromatic N) is 1. The van der Waals surface area contributed by atoms with Crippen molar-refractivity contribution in [2.24, 2.45) is 0 Å². The molecule has 0 unspecified atom stereocenters. The van der Waals surface area contributed by atoms with Crippen LogP contribution in [0.5, 0.6) is 11.5 Å². The lowest BCUT2D eigenvalue weighted by molar-refractivity contribution is 0.434. The van der Waals surface area contributed by atoms with Gasteiger partial charge in [-0.1, -0.05) is 103 Å². The number of nitrogens with one attached hydrogen (secondary N) is 2. The predicted molar refractivity (Wildman–Crippen MR) is 218 cm³/mol. The van der Waals surface area contributed by atoms with Crippen LogP contribution < -0.4 is 31.0 Å². The summed E-state index contributed by atoms with van der Waals surface area (Å²) in [5, 5.41) is 15.9. The Morgan fingerprint density at radius 3 is 2.15 bits per heavy atom. The molecular weight excluding hydrogens is 699 g/mol. The summed E-state index contributed by atoms with van der Waals surface area (Å²) in [6, 6.07) is 21.3. The largest absolute Gasteiger partial charge is 0.512 e. The molecule has 1 aliphatic carbocycles. The highest BCUT2D eigenvalue weighted by Crippen LogP contribution is 2.42. The third kappa shape index (κ3) is 6.89. The summed E-state index contributed by atoms with van der Waals surface area (Å²) in [6.07, 6.45) is 3.24. The van der Waals surface area contributed by atoms with Crippen LogP contribution in [0.25, 0.3) is 27.4 Å². The van der Waals surface area contributed by atoms with Crippen LogP contribution in [0.2, 0.25) is 0 Å². The molecular formula is C44H49N3O6S. The van der Waals surface area contributed by atoms with Gasteiger partial charge in [-0.3, -0.25) is 9.59 Å². The molecule has 0 bridgehead atoms. The third-order valence-electron chi connectivity index (χ3n) is 11.0. The van der Waals surface area contributed by atoms with Crippen LogP contribution in [-0.2, 0) is 20.9 Å². The zero-order valence-electron chi connectivity index (χ0n) is 32.3. The van der Waals surface area contributed by atoms with E-state index in [9.17, 15) is 23.1 Å². The second-order valence-corrected chi connectivity index (χ2v) is 17.0. The quantitative estimate of drug-likeness (QED) is 0.100. The number of fused-ring (bicyclic) bond motifs is 2. The average Bonchev–Trinajstić information content (AvgIpc) is 3.14. The first kappa shape index (κ1) is 38.7. The Hall–Kier alpha value is -5.06. The van der Waals surface area contributed by atoms with Crippen LogP contribution >= 0.6 is 0 Å². The fourth-order valence-electron chi connectivity index (χ4n) is 6.93. The summed E-state index contributed by atoms with van der Waals surface area (Å²) in [4.78, 5) is 33.0. The van der Waals surface area contributed by atoms with Gasteiger partial charge in [0.05, 0.1) is 22.0 Å². The Morgan fingerprint density at radius 1 is 0.815 bits per heavy atom. The molecule has 2 aliphatic rings. The standard InChI is InChI=1S/C44H49N3O6S/c1-9-12-23-45-54(51,52)35-20-16-15-19-31(35)46-32-25-34(53-33-22-21-27(43(5,6)10-2)24-30(33)44(7,8)11-3)40-39-37(36(26(4)48)42(50)47-40)28-17-13-14-18-29(28)41(49)38(32)39/h13-22,24-25,45-46,48H,9-12,23H2,1-8H3. The van der Waals surface area contributed by atoms with Crippen LogP contribution in [-0.4, -0.2) is 25.1 Å². The van der Waals surface area contributed by atoms with Crippen molar-refractivity contribution in [3.8, 4) is 11.5 Å². The second kappa shape index (κ2) is 14.6. The van der Waals surface area contributed by atoms with E-state index >= 15 is 0 Å². The molecule has 10 heteroatoms. The van der Waals surface area contributed by atoms with Gasteiger partial charge in [0, 0.05) is 34.0 Å². The van der Waals surface area contributed by atoms with Gasteiger partial charge in [-0.05, 0) is 66.2 Å². The van der Waals surface area contributed by atoms with Crippen LogP contribution in [0.3, 0.4) is 0 Å². The molecule has 0 atom stereocenters. The van der Waals surface area contributed by atoms with Gasteiger partial charge < -0.3 is 15.2 Å². The molecule has 0 radical (unpaired) electrons. The number of benzene rings is 4.